The second-order valence-corrected chi connectivity index (χ2v) is 7.84. The van der Waals surface area contributed by atoms with Crippen molar-refractivity contribution in [3.63, 3.8) is 0 Å². The predicted molar refractivity (Wildman–Crippen MR) is 103 cm³/mol. The summed E-state index contributed by atoms with van der Waals surface area (Å²) < 4.78 is 1.73. The zero-order valence-electron chi connectivity index (χ0n) is 16.1. The van der Waals surface area contributed by atoms with Gasteiger partial charge >= 0.3 is 0 Å². The molecule has 1 aromatic carbocycles. The molecule has 2 aromatic rings. The molecule has 0 unspecified atom stereocenters. The van der Waals surface area contributed by atoms with Crippen LogP contribution in [0.25, 0.3) is 0 Å². The highest BCUT2D eigenvalue weighted by Crippen LogP contribution is 2.37. The van der Waals surface area contributed by atoms with Gasteiger partial charge in [-0.25, -0.2) is 0 Å². The van der Waals surface area contributed by atoms with Crippen molar-refractivity contribution in [1.82, 2.24) is 19.6 Å². The van der Waals surface area contributed by atoms with Gasteiger partial charge in [-0.3, -0.25) is 14.4 Å². The van der Waals surface area contributed by atoms with E-state index < -0.39 is 5.60 Å². The molecule has 0 saturated carbocycles. The third-order valence-corrected chi connectivity index (χ3v) is 6.18. The van der Waals surface area contributed by atoms with E-state index >= 15 is 0 Å². The van der Waals surface area contributed by atoms with Gasteiger partial charge in [0.2, 0.25) is 0 Å². The highest BCUT2D eigenvalue weighted by atomic mass is 16.3. The first-order valence-corrected chi connectivity index (χ1v) is 9.81. The average molecular weight is 368 g/mol. The summed E-state index contributed by atoms with van der Waals surface area (Å²) in [7, 11) is 1.85. The molecule has 2 atom stereocenters. The zero-order chi connectivity index (χ0) is 19.0. The predicted octanol–water partition coefficient (Wildman–Crippen LogP) is 1.93. The molecule has 2 aliphatic heterocycles. The Labute approximate surface area is 160 Å². The Morgan fingerprint density at radius 2 is 1.89 bits per heavy atom. The quantitative estimate of drug-likeness (QED) is 0.899. The minimum absolute atomic E-state index is 0.0435. The molecule has 0 bridgehead atoms. The summed E-state index contributed by atoms with van der Waals surface area (Å²) in [6, 6.07) is 11.7. The van der Waals surface area contributed by atoms with Crippen molar-refractivity contribution in [2.24, 2.45) is 7.05 Å². The van der Waals surface area contributed by atoms with Crippen molar-refractivity contribution in [3.05, 3.63) is 53.3 Å². The minimum Gasteiger partial charge on any atom is -0.383 e. The van der Waals surface area contributed by atoms with Crippen molar-refractivity contribution in [3.8, 4) is 0 Å². The molecule has 4 rings (SSSR count). The van der Waals surface area contributed by atoms with E-state index in [4.69, 9.17) is 0 Å². The molecule has 0 radical (unpaired) electrons. The van der Waals surface area contributed by atoms with Crippen LogP contribution in [-0.4, -0.2) is 62.8 Å². The monoisotopic (exact) mass is 368 g/mol. The van der Waals surface area contributed by atoms with Crippen LogP contribution in [0.1, 0.15) is 41.0 Å². The molecule has 2 fully saturated rings. The van der Waals surface area contributed by atoms with Crippen LogP contribution in [0.3, 0.4) is 0 Å². The highest BCUT2D eigenvalue weighted by Gasteiger charge is 2.47. The van der Waals surface area contributed by atoms with Gasteiger partial charge in [0.15, 0.2) is 5.69 Å². The molecule has 0 aliphatic carbocycles. The van der Waals surface area contributed by atoms with Crippen molar-refractivity contribution in [2.75, 3.05) is 26.2 Å². The van der Waals surface area contributed by atoms with Gasteiger partial charge in [0.25, 0.3) is 5.91 Å². The smallest absolute Gasteiger partial charge is 0.274 e. The van der Waals surface area contributed by atoms with Crippen LogP contribution >= 0.6 is 0 Å². The van der Waals surface area contributed by atoms with E-state index in [0.717, 1.165) is 37.2 Å². The van der Waals surface area contributed by atoms with Gasteiger partial charge in [-0.15, -0.1) is 0 Å². The van der Waals surface area contributed by atoms with Crippen molar-refractivity contribution >= 4 is 5.91 Å². The van der Waals surface area contributed by atoms with Gasteiger partial charge < -0.3 is 10.0 Å². The van der Waals surface area contributed by atoms with Crippen molar-refractivity contribution in [2.45, 2.75) is 37.8 Å². The Bertz CT molecular complexity index is 793. The minimum atomic E-state index is -0.928. The first-order valence-electron chi connectivity index (χ1n) is 9.81. The van der Waals surface area contributed by atoms with Gasteiger partial charge in [-0.2, -0.15) is 5.10 Å². The maximum absolute atomic E-state index is 13.0. The van der Waals surface area contributed by atoms with Crippen LogP contribution in [0.5, 0.6) is 0 Å². The van der Waals surface area contributed by atoms with Crippen LogP contribution < -0.4 is 0 Å². The van der Waals surface area contributed by atoms with E-state index in [-0.39, 0.29) is 11.9 Å². The summed E-state index contributed by atoms with van der Waals surface area (Å²) in [6.07, 6.45) is 2.83. The molecule has 2 saturated heterocycles. The number of hydrogen-bond acceptors (Lipinski definition) is 4. The second kappa shape index (κ2) is 7.09. The lowest BCUT2D eigenvalue weighted by atomic mass is 9.79. The standard InChI is InChI=1S/C21H28N4O2/c1-16-14-18(22-23(16)2)20(26)25-13-10-21(27,17-8-4-3-5-9-17)19(15-25)24-11-6-7-12-24/h3-5,8-9,14,19,27H,6-7,10-13,15H2,1-2H3/t19-,21+/m1/s1. The molecule has 1 amide bonds. The van der Waals surface area contributed by atoms with Crippen LogP contribution in [-0.2, 0) is 12.6 Å². The lowest BCUT2D eigenvalue weighted by Gasteiger charge is -2.48. The van der Waals surface area contributed by atoms with E-state index in [0.29, 0.717) is 25.2 Å². The molecule has 2 aliphatic rings. The number of amides is 1. The summed E-state index contributed by atoms with van der Waals surface area (Å²) in [5.41, 5.74) is 1.47. The van der Waals surface area contributed by atoms with Gasteiger partial charge in [-0.05, 0) is 50.9 Å². The lowest BCUT2D eigenvalue weighted by molar-refractivity contribution is -0.0878. The number of rotatable bonds is 3. The van der Waals surface area contributed by atoms with Gasteiger partial charge in [0.1, 0.15) is 5.60 Å². The van der Waals surface area contributed by atoms with Crippen LogP contribution in [0, 0.1) is 6.92 Å². The van der Waals surface area contributed by atoms with Crippen molar-refractivity contribution in [1.29, 1.82) is 0 Å². The van der Waals surface area contributed by atoms with Gasteiger partial charge in [-0.1, -0.05) is 30.3 Å². The molecule has 144 valence electrons. The number of hydrogen-bond donors (Lipinski definition) is 1. The zero-order valence-corrected chi connectivity index (χ0v) is 16.1. The number of likely N-dealkylation sites (tertiary alicyclic amines) is 2. The molecule has 1 aromatic heterocycles. The van der Waals surface area contributed by atoms with E-state index in [2.05, 4.69) is 10.00 Å². The Balaban J connectivity index is 1.62. The number of piperidine rings is 1. The number of aliphatic hydroxyl groups is 1. The maximum Gasteiger partial charge on any atom is 0.274 e. The molecule has 6 nitrogen and oxygen atoms in total. The molecular formula is C21H28N4O2. The molecule has 1 N–H and O–H groups in total. The molecule has 27 heavy (non-hydrogen) atoms. The molecule has 0 spiro atoms. The highest BCUT2D eigenvalue weighted by molar-refractivity contribution is 5.92. The fourth-order valence-corrected chi connectivity index (χ4v) is 4.47. The fraction of sp³-hybridized carbons (Fsp3) is 0.524. The Kier molecular flexibility index (Phi) is 4.78. The molecule has 6 heteroatoms. The largest absolute Gasteiger partial charge is 0.383 e. The second-order valence-electron chi connectivity index (χ2n) is 7.84. The van der Waals surface area contributed by atoms with Crippen molar-refractivity contribution < 1.29 is 9.90 Å². The topological polar surface area (TPSA) is 61.6 Å². The van der Waals surface area contributed by atoms with E-state index in [1.54, 1.807) is 4.68 Å². The fourth-order valence-electron chi connectivity index (χ4n) is 4.47. The average Bonchev–Trinajstić information content (AvgIpc) is 3.33. The number of benzene rings is 1. The number of nitrogens with zero attached hydrogens (tertiary/aromatic N) is 4. The van der Waals surface area contributed by atoms with Crippen LogP contribution in [0.15, 0.2) is 36.4 Å². The number of aromatic nitrogens is 2. The Morgan fingerprint density at radius 1 is 1.19 bits per heavy atom. The van der Waals surface area contributed by atoms with Gasteiger partial charge in [0.05, 0.1) is 6.04 Å². The summed E-state index contributed by atoms with van der Waals surface area (Å²) >= 11 is 0. The maximum atomic E-state index is 13.0. The number of carbonyl (C=O) groups is 1. The summed E-state index contributed by atoms with van der Waals surface area (Å²) in [6.45, 7) is 4.96. The number of carbonyl (C=O) groups excluding carboxylic acids is 1. The first kappa shape index (κ1) is 18.2. The summed E-state index contributed by atoms with van der Waals surface area (Å²) in [5.74, 6) is -0.0435. The lowest BCUT2D eigenvalue weighted by Crippen LogP contribution is -2.61. The van der Waals surface area contributed by atoms with Gasteiger partial charge in [0, 0.05) is 25.8 Å². The third-order valence-electron chi connectivity index (χ3n) is 6.18. The normalized spacial score (nSPS) is 26.5. The van der Waals surface area contributed by atoms with Crippen LogP contribution in [0.4, 0.5) is 0 Å². The third kappa shape index (κ3) is 3.28. The van der Waals surface area contributed by atoms with Crippen LogP contribution in [0.2, 0.25) is 0 Å². The number of aryl methyl sites for hydroxylation is 2. The summed E-state index contributed by atoms with van der Waals surface area (Å²) in [5, 5.41) is 16.0. The Hall–Kier alpha value is -2.18. The van der Waals surface area contributed by atoms with E-state index in [1.165, 1.54) is 0 Å². The summed E-state index contributed by atoms with van der Waals surface area (Å²) in [4.78, 5) is 17.2. The van der Waals surface area contributed by atoms with E-state index in [9.17, 15) is 9.90 Å². The van der Waals surface area contributed by atoms with E-state index in [1.807, 2.05) is 55.3 Å². The molecule has 3 heterocycles. The first-order chi connectivity index (χ1) is 13.0. The molecular weight excluding hydrogens is 340 g/mol. The Morgan fingerprint density at radius 3 is 2.52 bits per heavy atom. The SMILES string of the molecule is Cc1cc(C(=O)N2CC[C@](O)(c3ccccc3)[C@H](N3CCCC3)C2)nn1C.